The molecule has 7 nitrogen and oxygen atoms in total. The highest BCUT2D eigenvalue weighted by molar-refractivity contribution is 5.81. The van der Waals surface area contributed by atoms with Gasteiger partial charge in [-0.1, -0.05) is 60.7 Å². The van der Waals surface area contributed by atoms with Gasteiger partial charge in [-0.3, -0.25) is 0 Å². The Bertz CT molecular complexity index is 1710. The van der Waals surface area contributed by atoms with E-state index in [2.05, 4.69) is 22.2 Å². The number of rotatable bonds is 2. The van der Waals surface area contributed by atoms with Gasteiger partial charge in [-0.25, -0.2) is 19.5 Å². The molecule has 34 heavy (non-hydrogen) atoms. The van der Waals surface area contributed by atoms with Crippen molar-refractivity contribution < 1.29 is 9.84 Å². The van der Waals surface area contributed by atoms with Gasteiger partial charge in [0.15, 0.2) is 5.65 Å². The number of fused-ring (bicyclic) bond motifs is 5. The first-order chi connectivity index (χ1) is 16.7. The van der Waals surface area contributed by atoms with E-state index < -0.39 is 0 Å². The Hall–Kier alpha value is -4.78. The zero-order valence-electron chi connectivity index (χ0n) is 17.8. The van der Waals surface area contributed by atoms with Crippen LogP contribution in [0, 0.1) is 0 Å². The lowest BCUT2D eigenvalue weighted by molar-refractivity contribution is 0.422. The van der Waals surface area contributed by atoms with Crippen molar-refractivity contribution in [2.24, 2.45) is 0 Å². The molecule has 0 spiro atoms. The molecule has 3 aromatic carbocycles. The second-order valence-corrected chi connectivity index (χ2v) is 8.22. The third-order valence-corrected chi connectivity index (χ3v) is 6.15. The number of nitrogens with zero attached hydrogens (tertiary/aromatic N) is 5. The van der Waals surface area contributed by atoms with E-state index in [0.29, 0.717) is 28.8 Å². The van der Waals surface area contributed by atoms with Gasteiger partial charge in [0.2, 0.25) is 11.7 Å². The molecular weight excluding hydrogens is 426 g/mol. The minimum Gasteiger partial charge on any atom is -0.508 e. The van der Waals surface area contributed by atoms with Crippen LogP contribution >= 0.6 is 0 Å². The van der Waals surface area contributed by atoms with Gasteiger partial charge in [0.25, 0.3) is 0 Å². The molecule has 0 amide bonds. The molecule has 0 saturated heterocycles. The van der Waals surface area contributed by atoms with Gasteiger partial charge in [-0.15, -0.1) is 5.10 Å². The lowest BCUT2D eigenvalue weighted by Gasteiger charge is -2.27. The van der Waals surface area contributed by atoms with Crippen molar-refractivity contribution in [2.45, 2.75) is 5.92 Å². The van der Waals surface area contributed by atoms with E-state index in [1.54, 1.807) is 23.0 Å². The first-order valence-corrected chi connectivity index (χ1v) is 10.9. The molecule has 1 aliphatic heterocycles. The summed E-state index contributed by atoms with van der Waals surface area (Å²) in [5.41, 5.74) is 5.06. The predicted octanol–water partition coefficient (Wildman–Crippen LogP) is 5.33. The summed E-state index contributed by atoms with van der Waals surface area (Å²) in [7, 11) is 0. The third kappa shape index (κ3) is 2.84. The standard InChI is InChI=1S/C27H17N5O2/c33-18-11-12-19-22(14-18)34-27-24(23(19)17-7-2-1-3-8-17)26-30-25(31-32(26)15-28-27)21-13-10-16-6-4-5-9-20(16)29-21/h1-15,23,33H/t23-/m1/s1. The van der Waals surface area contributed by atoms with E-state index >= 15 is 0 Å². The Morgan fingerprint density at radius 1 is 0.853 bits per heavy atom. The molecule has 0 unspecified atom stereocenters. The van der Waals surface area contributed by atoms with Crippen LogP contribution in [0.1, 0.15) is 22.6 Å². The molecule has 7 heteroatoms. The van der Waals surface area contributed by atoms with Gasteiger partial charge in [-0.05, 0) is 23.8 Å². The van der Waals surface area contributed by atoms with Crippen LogP contribution in [0.3, 0.4) is 0 Å². The average Bonchev–Trinajstić information content (AvgIpc) is 3.32. The summed E-state index contributed by atoms with van der Waals surface area (Å²) < 4.78 is 7.80. The van der Waals surface area contributed by atoms with Crippen LogP contribution in [-0.2, 0) is 0 Å². The lowest BCUT2D eigenvalue weighted by Crippen LogP contribution is -2.14. The van der Waals surface area contributed by atoms with Crippen molar-refractivity contribution in [3.63, 3.8) is 0 Å². The van der Waals surface area contributed by atoms with E-state index in [1.807, 2.05) is 60.7 Å². The molecule has 4 heterocycles. The fourth-order valence-electron chi connectivity index (χ4n) is 4.59. The van der Waals surface area contributed by atoms with Crippen LogP contribution in [-0.4, -0.2) is 29.7 Å². The van der Waals surface area contributed by atoms with E-state index in [0.717, 1.165) is 27.6 Å². The monoisotopic (exact) mass is 443 g/mol. The zero-order chi connectivity index (χ0) is 22.6. The van der Waals surface area contributed by atoms with E-state index in [9.17, 15) is 5.11 Å². The highest BCUT2D eigenvalue weighted by Crippen LogP contribution is 2.48. The van der Waals surface area contributed by atoms with Crippen LogP contribution in [0.2, 0.25) is 0 Å². The molecule has 6 aromatic rings. The van der Waals surface area contributed by atoms with Crippen LogP contribution < -0.4 is 4.74 Å². The zero-order valence-corrected chi connectivity index (χ0v) is 17.8. The molecule has 1 aliphatic rings. The molecule has 1 N–H and O–H groups in total. The number of pyridine rings is 1. The largest absolute Gasteiger partial charge is 0.508 e. The molecule has 0 aliphatic carbocycles. The quantitative estimate of drug-likeness (QED) is 0.389. The SMILES string of the molecule is Oc1ccc2c(c1)Oc1ncn3nc(-c4ccc5ccccc5n4)nc3c1[C@@H]2c1ccccc1. The normalized spacial score (nSPS) is 14.5. The van der Waals surface area contributed by atoms with Crippen molar-refractivity contribution in [1.29, 1.82) is 0 Å². The molecular formula is C27H17N5O2. The molecule has 162 valence electrons. The van der Waals surface area contributed by atoms with E-state index in [-0.39, 0.29) is 11.7 Å². The fourth-order valence-corrected chi connectivity index (χ4v) is 4.59. The molecule has 7 rings (SSSR count). The van der Waals surface area contributed by atoms with Crippen LogP contribution in [0.5, 0.6) is 17.4 Å². The highest BCUT2D eigenvalue weighted by atomic mass is 16.5. The number of aromatic hydroxyl groups is 1. The van der Waals surface area contributed by atoms with Gasteiger partial charge < -0.3 is 9.84 Å². The third-order valence-electron chi connectivity index (χ3n) is 6.15. The maximum Gasteiger partial charge on any atom is 0.228 e. The lowest BCUT2D eigenvalue weighted by atomic mass is 9.84. The van der Waals surface area contributed by atoms with Gasteiger partial charge in [-0.2, -0.15) is 0 Å². The number of para-hydroxylation sites is 1. The van der Waals surface area contributed by atoms with Crippen molar-refractivity contribution in [2.75, 3.05) is 0 Å². The molecule has 0 bridgehead atoms. The average molecular weight is 443 g/mol. The molecule has 0 fully saturated rings. The first-order valence-electron chi connectivity index (χ1n) is 10.9. The highest BCUT2D eigenvalue weighted by Gasteiger charge is 2.33. The van der Waals surface area contributed by atoms with Crippen LogP contribution in [0.25, 0.3) is 28.1 Å². The Labute approximate surface area is 194 Å². The van der Waals surface area contributed by atoms with Crippen molar-refractivity contribution in [3.8, 4) is 28.9 Å². The number of aromatic nitrogens is 5. The molecule has 1 atom stereocenters. The molecule has 0 saturated carbocycles. The summed E-state index contributed by atoms with van der Waals surface area (Å²) in [5, 5.41) is 15.8. The Balaban J connectivity index is 1.46. The first kappa shape index (κ1) is 18.8. The Kier molecular flexibility index (Phi) is 3.92. The summed E-state index contributed by atoms with van der Waals surface area (Å²) in [4.78, 5) is 14.2. The van der Waals surface area contributed by atoms with Gasteiger partial charge >= 0.3 is 0 Å². The summed E-state index contributed by atoms with van der Waals surface area (Å²) in [6.45, 7) is 0. The second kappa shape index (κ2) is 7.11. The van der Waals surface area contributed by atoms with Crippen LogP contribution in [0.15, 0.2) is 91.3 Å². The number of ether oxygens (including phenoxy) is 1. The number of phenolic OH excluding ortho intramolecular Hbond substituents is 1. The van der Waals surface area contributed by atoms with Crippen LogP contribution in [0.4, 0.5) is 0 Å². The topological polar surface area (TPSA) is 85.4 Å². The number of hydrogen-bond donors (Lipinski definition) is 1. The number of benzene rings is 3. The molecule has 0 radical (unpaired) electrons. The van der Waals surface area contributed by atoms with Gasteiger partial charge in [0.05, 0.1) is 11.1 Å². The van der Waals surface area contributed by atoms with Gasteiger partial charge in [0.1, 0.15) is 23.5 Å². The molecule has 3 aromatic heterocycles. The van der Waals surface area contributed by atoms with E-state index in [1.165, 1.54) is 0 Å². The summed E-state index contributed by atoms with van der Waals surface area (Å²) in [6, 6.07) is 27.2. The minimum atomic E-state index is -0.182. The number of hydrogen-bond acceptors (Lipinski definition) is 6. The predicted molar refractivity (Wildman–Crippen MR) is 127 cm³/mol. The maximum absolute atomic E-state index is 10.0. The van der Waals surface area contributed by atoms with Crippen molar-refractivity contribution in [1.82, 2.24) is 24.6 Å². The summed E-state index contributed by atoms with van der Waals surface area (Å²) in [6.07, 6.45) is 1.60. The summed E-state index contributed by atoms with van der Waals surface area (Å²) >= 11 is 0. The van der Waals surface area contributed by atoms with Crippen molar-refractivity contribution >= 4 is 16.6 Å². The van der Waals surface area contributed by atoms with E-state index in [4.69, 9.17) is 14.7 Å². The number of phenols is 1. The Morgan fingerprint density at radius 3 is 2.62 bits per heavy atom. The Morgan fingerprint density at radius 2 is 1.71 bits per heavy atom. The summed E-state index contributed by atoms with van der Waals surface area (Å²) in [5.74, 6) is 1.50. The van der Waals surface area contributed by atoms with Gasteiger partial charge in [0, 0.05) is 22.9 Å². The maximum atomic E-state index is 10.0. The minimum absolute atomic E-state index is 0.141. The smallest absolute Gasteiger partial charge is 0.228 e. The fraction of sp³-hybridized carbons (Fsp3) is 0.0370. The second-order valence-electron chi connectivity index (χ2n) is 8.22. The van der Waals surface area contributed by atoms with Crippen molar-refractivity contribution in [3.05, 3.63) is 108 Å².